The van der Waals surface area contributed by atoms with E-state index in [4.69, 9.17) is 4.74 Å². The van der Waals surface area contributed by atoms with Crippen molar-refractivity contribution < 1.29 is 38.9 Å². The molecule has 45 heavy (non-hydrogen) atoms. The molecule has 0 aromatic heterocycles. The number of nitrogens with one attached hydrogen (secondary N) is 1. The van der Waals surface area contributed by atoms with E-state index in [1.54, 1.807) is 20.9 Å². The highest BCUT2D eigenvalue weighted by molar-refractivity contribution is 5.95. The van der Waals surface area contributed by atoms with E-state index in [0.717, 1.165) is 19.3 Å². The van der Waals surface area contributed by atoms with Crippen LogP contribution in [0.3, 0.4) is 0 Å². The molecule has 3 N–H and O–H groups in total. The number of hydrogen-bond donors (Lipinski definition) is 3. The van der Waals surface area contributed by atoms with Gasteiger partial charge in [-0.25, -0.2) is 4.79 Å². The molecule has 1 saturated heterocycles. The third-order valence-electron chi connectivity index (χ3n) is 8.77. The minimum Gasteiger partial charge on any atom is -0.467 e. The number of aliphatic hydroxyl groups is 2. The van der Waals surface area contributed by atoms with Crippen LogP contribution in [0.4, 0.5) is 0 Å². The van der Waals surface area contributed by atoms with Gasteiger partial charge in [0.05, 0.1) is 19.3 Å². The van der Waals surface area contributed by atoms with Gasteiger partial charge in [-0.1, -0.05) is 67.7 Å². The Hall–Kier alpha value is -2.73. The Balaban J connectivity index is 3.23. The molecule has 0 aliphatic carbocycles. The van der Waals surface area contributed by atoms with Crippen molar-refractivity contribution in [1.29, 1.82) is 0 Å². The van der Waals surface area contributed by atoms with Crippen molar-refractivity contribution in [1.82, 2.24) is 20.0 Å². The predicted molar refractivity (Wildman–Crippen MR) is 172 cm³/mol. The molecule has 0 radical (unpaired) electrons. The highest BCUT2D eigenvalue weighted by Gasteiger charge is 2.45. The topological polar surface area (TPSA) is 157 Å². The van der Waals surface area contributed by atoms with Gasteiger partial charge >= 0.3 is 5.97 Å². The number of rotatable bonds is 17. The molecule has 0 saturated carbocycles. The van der Waals surface area contributed by atoms with Gasteiger partial charge in [-0.15, -0.1) is 0 Å². The fraction of sp³-hybridized carbons (Fsp3) is 0.848. The SMILES string of the molecule is CCCCC(C)CC(C)C(=O)N(C)[C@@H](CC(C)C)C(=O)N[C@H](C(=O)N(C)[C@H](C(=O)N1C[C@@H](O)C[C@H]1C(=O)OC)C(C)C)C(C)O. The number of amides is 4. The molecule has 1 aliphatic rings. The van der Waals surface area contributed by atoms with Gasteiger partial charge in [-0.05, 0) is 37.5 Å². The Bertz CT molecular complexity index is 1000. The van der Waals surface area contributed by atoms with Crippen molar-refractivity contribution in [2.75, 3.05) is 27.7 Å². The fourth-order valence-electron chi connectivity index (χ4n) is 6.24. The molecule has 12 nitrogen and oxygen atoms in total. The molecule has 0 spiro atoms. The third-order valence-corrected chi connectivity index (χ3v) is 8.77. The van der Waals surface area contributed by atoms with Gasteiger partial charge in [0.25, 0.3) is 0 Å². The molecular weight excluding hydrogens is 580 g/mol. The lowest BCUT2D eigenvalue weighted by molar-refractivity contribution is -0.156. The summed E-state index contributed by atoms with van der Waals surface area (Å²) in [7, 11) is 4.21. The number of likely N-dealkylation sites (tertiary alicyclic amines) is 1. The molecule has 0 aromatic carbocycles. The highest BCUT2D eigenvalue weighted by atomic mass is 16.5. The highest BCUT2D eigenvalue weighted by Crippen LogP contribution is 2.25. The molecule has 1 rings (SSSR count). The van der Waals surface area contributed by atoms with Gasteiger partial charge in [0.2, 0.25) is 23.6 Å². The molecule has 260 valence electrons. The van der Waals surface area contributed by atoms with Crippen LogP contribution < -0.4 is 5.32 Å². The maximum Gasteiger partial charge on any atom is 0.328 e. The summed E-state index contributed by atoms with van der Waals surface area (Å²) in [5.74, 6) is -2.92. The second kappa shape index (κ2) is 18.4. The van der Waals surface area contributed by atoms with E-state index in [1.165, 1.54) is 35.8 Å². The second-order valence-corrected chi connectivity index (χ2v) is 13.8. The number of aliphatic hydroxyl groups excluding tert-OH is 2. The molecule has 12 heteroatoms. The maximum atomic E-state index is 13.8. The monoisotopic (exact) mass is 640 g/mol. The van der Waals surface area contributed by atoms with Crippen LogP contribution in [0.15, 0.2) is 0 Å². The average molecular weight is 641 g/mol. The Kier molecular flexibility index (Phi) is 16.5. The Morgan fingerprint density at radius 2 is 1.56 bits per heavy atom. The van der Waals surface area contributed by atoms with Gasteiger partial charge in [0.15, 0.2) is 0 Å². The Morgan fingerprint density at radius 3 is 2.04 bits per heavy atom. The van der Waals surface area contributed by atoms with Gasteiger partial charge in [0, 0.05) is 33.0 Å². The number of β-amino-alcohol motifs (C(OH)–C–C–N with tert-alkyl or cyclic N) is 1. The van der Waals surface area contributed by atoms with E-state index in [1.807, 2.05) is 20.8 Å². The van der Waals surface area contributed by atoms with Crippen molar-refractivity contribution in [3.8, 4) is 0 Å². The van der Waals surface area contributed by atoms with E-state index < -0.39 is 66.0 Å². The summed E-state index contributed by atoms with van der Waals surface area (Å²) in [6, 6.07) is -4.32. The number of ether oxygens (including phenoxy) is 1. The summed E-state index contributed by atoms with van der Waals surface area (Å²) >= 11 is 0. The molecule has 4 amide bonds. The van der Waals surface area contributed by atoms with Crippen LogP contribution in [-0.2, 0) is 28.7 Å². The Labute approximate surface area is 270 Å². The summed E-state index contributed by atoms with van der Waals surface area (Å²) < 4.78 is 4.83. The molecular formula is C33H60N4O8. The zero-order chi connectivity index (χ0) is 34.8. The number of methoxy groups -OCH3 is 1. The van der Waals surface area contributed by atoms with Crippen LogP contribution in [0.25, 0.3) is 0 Å². The third kappa shape index (κ3) is 11.2. The van der Waals surface area contributed by atoms with E-state index >= 15 is 0 Å². The number of nitrogens with zero attached hydrogens (tertiary/aromatic N) is 3. The van der Waals surface area contributed by atoms with E-state index in [0.29, 0.717) is 18.8 Å². The van der Waals surface area contributed by atoms with Crippen LogP contribution >= 0.6 is 0 Å². The van der Waals surface area contributed by atoms with Crippen molar-refractivity contribution >= 4 is 29.6 Å². The van der Waals surface area contributed by atoms with Crippen LogP contribution in [0.5, 0.6) is 0 Å². The molecule has 0 bridgehead atoms. The summed E-state index contributed by atoms with van der Waals surface area (Å²) in [5, 5.41) is 23.6. The van der Waals surface area contributed by atoms with E-state index in [2.05, 4.69) is 19.2 Å². The van der Waals surface area contributed by atoms with Crippen molar-refractivity contribution in [3.63, 3.8) is 0 Å². The van der Waals surface area contributed by atoms with Crippen LogP contribution in [0, 0.1) is 23.7 Å². The minimum atomic E-state index is -1.40. The lowest BCUT2D eigenvalue weighted by atomic mass is 9.91. The number of hydrogen-bond acceptors (Lipinski definition) is 8. The molecule has 1 aliphatic heterocycles. The van der Waals surface area contributed by atoms with E-state index in [-0.39, 0.29) is 30.7 Å². The lowest BCUT2D eigenvalue weighted by Crippen LogP contribution is -2.61. The maximum absolute atomic E-state index is 13.8. The molecule has 8 atom stereocenters. The van der Waals surface area contributed by atoms with Gasteiger partial charge < -0.3 is 35.0 Å². The second-order valence-electron chi connectivity index (χ2n) is 13.8. The zero-order valence-corrected chi connectivity index (χ0v) is 29.4. The predicted octanol–water partition coefficient (Wildman–Crippen LogP) is 2.20. The first-order valence-electron chi connectivity index (χ1n) is 16.5. The minimum absolute atomic E-state index is 0.0208. The smallest absolute Gasteiger partial charge is 0.328 e. The van der Waals surface area contributed by atoms with Crippen molar-refractivity contribution in [3.05, 3.63) is 0 Å². The summed E-state index contributed by atoms with van der Waals surface area (Å²) in [6.07, 6.45) is 2.04. The molecule has 1 heterocycles. The zero-order valence-electron chi connectivity index (χ0n) is 29.4. The number of carbonyl (C=O) groups is 5. The molecule has 0 aromatic rings. The quantitative estimate of drug-likeness (QED) is 0.204. The molecule has 3 unspecified atom stereocenters. The van der Waals surface area contributed by atoms with Crippen LogP contribution in [0.1, 0.15) is 93.9 Å². The summed E-state index contributed by atoms with van der Waals surface area (Å²) in [6.45, 7) is 14.8. The number of carbonyl (C=O) groups excluding carboxylic acids is 5. The van der Waals surface area contributed by atoms with Crippen molar-refractivity contribution in [2.24, 2.45) is 23.7 Å². The first kappa shape index (κ1) is 40.3. The average Bonchev–Trinajstić information content (AvgIpc) is 3.36. The van der Waals surface area contributed by atoms with Gasteiger partial charge in [-0.3, -0.25) is 19.2 Å². The largest absolute Gasteiger partial charge is 0.467 e. The molecule has 1 fully saturated rings. The van der Waals surface area contributed by atoms with Crippen molar-refractivity contribution in [2.45, 2.75) is 130 Å². The standard InChI is InChI=1S/C33H60N4O8/c1-12-13-14-21(6)16-22(7)30(41)35(9)25(15-19(2)3)29(40)34-27(23(8)38)31(42)36(10)28(20(4)5)32(43)37-18-24(39)17-26(37)33(44)45-11/h19-28,38-39H,12-18H2,1-11H3,(H,34,40)/t21?,22?,23?,24-,25-,26-,27-,28-/m0/s1. The lowest BCUT2D eigenvalue weighted by Gasteiger charge is -2.37. The number of unbranched alkanes of at least 4 members (excludes halogenated alkanes) is 1. The normalized spacial score (nSPS) is 20.6. The number of likely N-dealkylation sites (N-methyl/N-ethyl adjacent to an activating group) is 2. The van der Waals surface area contributed by atoms with E-state index in [9.17, 15) is 34.2 Å². The summed E-state index contributed by atoms with van der Waals surface area (Å²) in [4.78, 5) is 71.0. The van der Waals surface area contributed by atoms with Crippen LogP contribution in [-0.4, -0.2) is 119 Å². The first-order chi connectivity index (χ1) is 20.9. The van der Waals surface area contributed by atoms with Gasteiger partial charge in [0.1, 0.15) is 24.2 Å². The fourth-order valence-corrected chi connectivity index (χ4v) is 6.24. The summed E-state index contributed by atoms with van der Waals surface area (Å²) in [5.41, 5.74) is 0. The van der Waals surface area contributed by atoms with Gasteiger partial charge in [-0.2, -0.15) is 0 Å². The first-order valence-corrected chi connectivity index (χ1v) is 16.5. The van der Waals surface area contributed by atoms with Crippen LogP contribution in [0.2, 0.25) is 0 Å². The Morgan fingerprint density at radius 1 is 0.956 bits per heavy atom. The number of esters is 1.